The van der Waals surface area contributed by atoms with E-state index in [1.165, 1.54) is 18.2 Å². The van der Waals surface area contributed by atoms with E-state index in [-0.39, 0.29) is 12.2 Å². The van der Waals surface area contributed by atoms with Crippen LogP contribution in [0.25, 0.3) is 0 Å². The Balaban J connectivity index is 1.99. The van der Waals surface area contributed by atoms with Crippen LogP contribution in [0.2, 0.25) is 0 Å². The van der Waals surface area contributed by atoms with Crippen molar-refractivity contribution in [2.45, 2.75) is 25.5 Å². The van der Waals surface area contributed by atoms with Gasteiger partial charge < -0.3 is 9.84 Å². The highest BCUT2D eigenvalue weighted by Gasteiger charge is 2.24. The van der Waals surface area contributed by atoms with Crippen molar-refractivity contribution in [2.75, 3.05) is 0 Å². The van der Waals surface area contributed by atoms with Crippen LogP contribution in [0.1, 0.15) is 29.3 Å². The summed E-state index contributed by atoms with van der Waals surface area (Å²) < 4.78 is 18.5. The summed E-state index contributed by atoms with van der Waals surface area (Å²) in [6, 6.07) is 12.2. The van der Waals surface area contributed by atoms with Crippen LogP contribution >= 0.6 is 0 Å². The summed E-state index contributed by atoms with van der Waals surface area (Å²) in [4.78, 5) is 12.0. The molecule has 0 saturated heterocycles. The average Bonchev–Trinajstić information content (AvgIpc) is 2.49. The number of hydrogen-bond donors (Lipinski definition) is 2. The highest BCUT2D eigenvalue weighted by atomic mass is 19.1. The summed E-state index contributed by atoms with van der Waals surface area (Å²) in [5.41, 5.74) is 5.59. The molecular weight excluding hydrogens is 285 g/mol. The van der Waals surface area contributed by atoms with E-state index in [1.807, 2.05) is 0 Å². The zero-order chi connectivity index (χ0) is 16.2. The third-order valence-corrected chi connectivity index (χ3v) is 3.27. The lowest BCUT2D eigenvalue weighted by Gasteiger charge is -2.25. The molecule has 0 aliphatic carbocycles. The van der Waals surface area contributed by atoms with E-state index in [0.29, 0.717) is 17.5 Å². The quantitative estimate of drug-likeness (QED) is 0.658. The first-order chi connectivity index (χ1) is 10.4. The maximum absolute atomic E-state index is 13.2. The lowest BCUT2D eigenvalue weighted by atomic mass is 10.0. The summed E-state index contributed by atoms with van der Waals surface area (Å²) in [6.45, 7) is 1.57. The summed E-state index contributed by atoms with van der Waals surface area (Å²) in [7, 11) is 0. The van der Waals surface area contributed by atoms with Crippen LogP contribution in [0.15, 0.2) is 48.5 Å². The number of esters is 1. The summed E-state index contributed by atoms with van der Waals surface area (Å²) in [5.74, 6) is -0.964. The minimum Gasteiger partial charge on any atom is -0.508 e. The maximum Gasteiger partial charge on any atom is 0.339 e. The van der Waals surface area contributed by atoms with Crippen molar-refractivity contribution in [3.8, 4) is 5.75 Å². The van der Waals surface area contributed by atoms with Crippen molar-refractivity contribution >= 4 is 5.97 Å². The van der Waals surface area contributed by atoms with Crippen LogP contribution in [0.3, 0.4) is 0 Å². The maximum atomic E-state index is 13.2. The number of hydrogen-bond acceptors (Lipinski definition) is 4. The van der Waals surface area contributed by atoms with Gasteiger partial charge in [-0.15, -0.1) is 0 Å². The number of aromatic hydroxyl groups is 1. The molecule has 0 heterocycles. The van der Waals surface area contributed by atoms with Gasteiger partial charge in [-0.3, -0.25) is 5.73 Å². The molecule has 0 amide bonds. The number of rotatable bonds is 5. The number of aryl methyl sites for hydroxylation is 1. The first-order valence-corrected chi connectivity index (χ1v) is 6.92. The van der Waals surface area contributed by atoms with E-state index in [2.05, 4.69) is 0 Å². The van der Waals surface area contributed by atoms with Gasteiger partial charge in [0.25, 0.3) is 0 Å². The third kappa shape index (κ3) is 4.30. The number of carbonyl (C=O) groups excluding carboxylic acids is 1. The van der Waals surface area contributed by atoms with Crippen molar-refractivity contribution in [1.29, 1.82) is 0 Å². The zero-order valence-electron chi connectivity index (χ0n) is 12.3. The number of halogens is 1. The van der Waals surface area contributed by atoms with E-state index in [4.69, 9.17) is 10.5 Å². The Kier molecular flexibility index (Phi) is 4.78. The molecule has 0 saturated carbocycles. The Bertz CT molecular complexity index is 656. The van der Waals surface area contributed by atoms with Crippen molar-refractivity contribution in [2.24, 2.45) is 5.73 Å². The van der Waals surface area contributed by atoms with Gasteiger partial charge in [-0.05, 0) is 49.2 Å². The van der Waals surface area contributed by atoms with E-state index in [0.717, 1.165) is 0 Å². The lowest BCUT2D eigenvalue weighted by molar-refractivity contribution is -0.0103. The molecule has 4 nitrogen and oxygen atoms in total. The topological polar surface area (TPSA) is 72.6 Å². The largest absolute Gasteiger partial charge is 0.508 e. The fraction of sp³-hybridized carbons (Fsp3) is 0.235. The SMILES string of the molecule is CC(N)(CCc1cc(F)ccc1O)OC(=O)c1ccccc1. The van der Waals surface area contributed by atoms with Crippen LogP contribution < -0.4 is 5.73 Å². The van der Waals surface area contributed by atoms with Gasteiger partial charge in [-0.2, -0.15) is 0 Å². The summed E-state index contributed by atoms with van der Waals surface area (Å²) in [6.07, 6.45) is 0.543. The first-order valence-electron chi connectivity index (χ1n) is 6.92. The smallest absolute Gasteiger partial charge is 0.339 e. The van der Waals surface area contributed by atoms with Gasteiger partial charge in [0, 0.05) is 6.42 Å². The Morgan fingerprint density at radius 2 is 1.95 bits per heavy atom. The van der Waals surface area contributed by atoms with Crippen molar-refractivity contribution in [1.82, 2.24) is 0 Å². The van der Waals surface area contributed by atoms with E-state index < -0.39 is 17.5 Å². The second-order valence-electron chi connectivity index (χ2n) is 5.34. The van der Waals surface area contributed by atoms with Crippen LogP contribution in [0.5, 0.6) is 5.75 Å². The molecule has 0 fully saturated rings. The van der Waals surface area contributed by atoms with Gasteiger partial charge in [0.1, 0.15) is 11.6 Å². The average molecular weight is 303 g/mol. The Hall–Kier alpha value is -2.40. The van der Waals surface area contributed by atoms with Gasteiger partial charge in [0.2, 0.25) is 0 Å². The van der Waals surface area contributed by atoms with Crippen LogP contribution in [0.4, 0.5) is 4.39 Å². The zero-order valence-corrected chi connectivity index (χ0v) is 12.3. The van der Waals surface area contributed by atoms with Crippen molar-refractivity contribution in [3.05, 3.63) is 65.5 Å². The molecule has 0 radical (unpaired) electrons. The molecule has 0 aliphatic heterocycles. The predicted octanol–water partition coefficient (Wildman–Crippen LogP) is 3.00. The predicted molar refractivity (Wildman–Crippen MR) is 80.8 cm³/mol. The first kappa shape index (κ1) is 16.0. The van der Waals surface area contributed by atoms with E-state index in [9.17, 15) is 14.3 Å². The molecule has 0 spiro atoms. The Morgan fingerprint density at radius 3 is 2.64 bits per heavy atom. The molecule has 2 rings (SSSR count). The number of phenols is 1. The van der Waals surface area contributed by atoms with Crippen molar-refractivity contribution < 1.29 is 19.0 Å². The molecule has 0 bridgehead atoms. The van der Waals surface area contributed by atoms with Gasteiger partial charge in [0.05, 0.1) is 5.56 Å². The molecule has 116 valence electrons. The number of ether oxygens (including phenoxy) is 1. The Labute approximate surface area is 128 Å². The van der Waals surface area contributed by atoms with Crippen LogP contribution in [-0.4, -0.2) is 16.8 Å². The van der Waals surface area contributed by atoms with E-state index >= 15 is 0 Å². The number of nitrogens with two attached hydrogens (primary N) is 1. The highest BCUT2D eigenvalue weighted by Crippen LogP contribution is 2.22. The molecule has 3 N–H and O–H groups in total. The standard InChI is InChI=1S/C17H18FNO3/c1-17(19,22-16(21)12-5-3-2-4-6-12)10-9-13-11-14(18)7-8-15(13)20/h2-8,11,20H,9-10,19H2,1H3. The molecule has 2 aromatic carbocycles. The minimum atomic E-state index is -1.22. The van der Waals surface area contributed by atoms with Gasteiger partial charge in [0.15, 0.2) is 5.72 Å². The molecule has 22 heavy (non-hydrogen) atoms. The molecule has 1 unspecified atom stereocenters. The van der Waals surface area contributed by atoms with Crippen LogP contribution in [0, 0.1) is 5.82 Å². The molecule has 0 aromatic heterocycles. The third-order valence-electron chi connectivity index (χ3n) is 3.27. The highest BCUT2D eigenvalue weighted by molar-refractivity contribution is 5.89. The summed E-state index contributed by atoms with van der Waals surface area (Å²) in [5, 5.41) is 9.68. The fourth-order valence-corrected chi connectivity index (χ4v) is 2.03. The molecule has 2 aromatic rings. The molecule has 1 atom stereocenters. The molecular formula is C17H18FNO3. The molecule has 5 heteroatoms. The number of benzene rings is 2. The van der Waals surface area contributed by atoms with E-state index in [1.54, 1.807) is 37.3 Å². The molecule has 0 aliphatic rings. The number of carbonyl (C=O) groups is 1. The number of phenolic OH excluding ortho intramolecular Hbond substituents is 1. The Morgan fingerprint density at radius 1 is 1.27 bits per heavy atom. The second kappa shape index (κ2) is 6.58. The normalized spacial score (nSPS) is 13.4. The summed E-state index contributed by atoms with van der Waals surface area (Å²) >= 11 is 0. The monoisotopic (exact) mass is 303 g/mol. The fourth-order valence-electron chi connectivity index (χ4n) is 2.03. The second-order valence-corrected chi connectivity index (χ2v) is 5.34. The van der Waals surface area contributed by atoms with Gasteiger partial charge in [-0.25, -0.2) is 9.18 Å². The van der Waals surface area contributed by atoms with Gasteiger partial charge >= 0.3 is 5.97 Å². The lowest BCUT2D eigenvalue weighted by Crippen LogP contribution is -2.41. The minimum absolute atomic E-state index is 0.00779. The van der Waals surface area contributed by atoms with Gasteiger partial charge in [-0.1, -0.05) is 18.2 Å². The van der Waals surface area contributed by atoms with Crippen molar-refractivity contribution in [3.63, 3.8) is 0 Å². The van der Waals surface area contributed by atoms with Crippen LogP contribution in [-0.2, 0) is 11.2 Å².